The average Bonchev–Trinajstić information content (AvgIpc) is 3.41. The standard InChI is InChI=1S/C29H26ClFN8/c1-29(2,3)17-35-26-19(13-32)14-34-28-23(26)11-20(30)12-24(28)36-27(18-6-8-21(31)9-7-18)25-16-39(38-37-25)22-5-4-10-33-15-22/h4-12,14-16,27,36H,17H2,1-3H3,(H,34,35)/t27-/m0/s1. The van der Waals surface area contributed by atoms with E-state index < -0.39 is 6.04 Å². The highest BCUT2D eigenvalue weighted by Crippen LogP contribution is 2.36. The lowest BCUT2D eigenvalue weighted by Gasteiger charge is -2.23. The van der Waals surface area contributed by atoms with Gasteiger partial charge in [-0.25, -0.2) is 9.07 Å². The van der Waals surface area contributed by atoms with Crippen LogP contribution in [0.15, 0.2) is 73.3 Å². The largest absolute Gasteiger partial charge is 0.383 e. The van der Waals surface area contributed by atoms with Gasteiger partial charge in [0.05, 0.1) is 46.6 Å². The first-order valence-electron chi connectivity index (χ1n) is 12.3. The van der Waals surface area contributed by atoms with E-state index in [1.807, 2.05) is 12.1 Å². The van der Waals surface area contributed by atoms with Crippen LogP contribution in [0.3, 0.4) is 0 Å². The van der Waals surface area contributed by atoms with Crippen molar-refractivity contribution in [3.05, 3.63) is 101 Å². The van der Waals surface area contributed by atoms with Gasteiger partial charge in [0.2, 0.25) is 0 Å². The van der Waals surface area contributed by atoms with Crippen LogP contribution in [0.1, 0.15) is 43.6 Å². The highest BCUT2D eigenvalue weighted by molar-refractivity contribution is 6.32. The van der Waals surface area contributed by atoms with Crippen LogP contribution < -0.4 is 10.6 Å². The number of nitrogens with one attached hydrogen (secondary N) is 2. The van der Waals surface area contributed by atoms with E-state index in [0.717, 1.165) is 11.3 Å². The molecule has 3 aromatic heterocycles. The van der Waals surface area contributed by atoms with Gasteiger partial charge in [0.15, 0.2) is 0 Å². The van der Waals surface area contributed by atoms with Crippen molar-refractivity contribution in [3.8, 4) is 11.8 Å². The van der Waals surface area contributed by atoms with Crippen molar-refractivity contribution in [2.45, 2.75) is 26.8 Å². The van der Waals surface area contributed by atoms with E-state index in [4.69, 9.17) is 11.6 Å². The summed E-state index contributed by atoms with van der Waals surface area (Å²) in [5.74, 6) is -0.343. The Morgan fingerprint density at radius 2 is 1.92 bits per heavy atom. The molecule has 5 rings (SSSR count). The van der Waals surface area contributed by atoms with Crippen LogP contribution >= 0.6 is 11.6 Å². The van der Waals surface area contributed by atoms with Crippen molar-refractivity contribution in [2.24, 2.45) is 5.41 Å². The SMILES string of the molecule is CC(C)(C)CNc1c(C#N)cnc2c(N[C@@H](c3ccc(F)cc3)c3cn(-c4cccnc4)nn3)cc(Cl)cc12. The molecule has 2 N–H and O–H groups in total. The Bertz CT molecular complexity index is 1650. The van der Waals surface area contributed by atoms with Crippen LogP contribution in [0.5, 0.6) is 0 Å². The van der Waals surface area contributed by atoms with Gasteiger partial charge in [0, 0.05) is 29.3 Å². The fraction of sp³-hybridized carbons (Fsp3) is 0.207. The third-order valence-electron chi connectivity index (χ3n) is 6.07. The van der Waals surface area contributed by atoms with E-state index in [1.54, 1.807) is 53.7 Å². The lowest BCUT2D eigenvalue weighted by molar-refractivity contribution is 0.443. The molecule has 0 aliphatic carbocycles. The smallest absolute Gasteiger partial charge is 0.123 e. The predicted octanol–water partition coefficient (Wildman–Crippen LogP) is 6.53. The fourth-order valence-electron chi connectivity index (χ4n) is 4.17. The summed E-state index contributed by atoms with van der Waals surface area (Å²) >= 11 is 6.59. The summed E-state index contributed by atoms with van der Waals surface area (Å²) in [6, 6.07) is 15.2. The second-order valence-electron chi connectivity index (χ2n) is 10.4. The number of benzene rings is 2. The molecule has 0 radical (unpaired) electrons. The van der Waals surface area contributed by atoms with E-state index >= 15 is 0 Å². The zero-order chi connectivity index (χ0) is 27.6. The van der Waals surface area contributed by atoms with Gasteiger partial charge in [0.1, 0.15) is 17.6 Å². The first-order chi connectivity index (χ1) is 18.7. The summed E-state index contributed by atoms with van der Waals surface area (Å²) in [6.07, 6.45) is 6.72. The summed E-state index contributed by atoms with van der Waals surface area (Å²) in [4.78, 5) is 8.76. The summed E-state index contributed by atoms with van der Waals surface area (Å²) in [5.41, 5.74) is 4.45. The zero-order valence-corrected chi connectivity index (χ0v) is 22.4. The molecule has 1 atom stereocenters. The maximum absolute atomic E-state index is 13.8. The van der Waals surface area contributed by atoms with Crippen molar-refractivity contribution >= 4 is 33.9 Å². The van der Waals surface area contributed by atoms with Crippen molar-refractivity contribution in [2.75, 3.05) is 17.2 Å². The quantitative estimate of drug-likeness (QED) is 0.242. The molecule has 10 heteroatoms. The Labute approximate surface area is 230 Å². The highest BCUT2D eigenvalue weighted by Gasteiger charge is 2.22. The average molecular weight is 541 g/mol. The number of nitriles is 1. The van der Waals surface area contributed by atoms with Gasteiger partial charge in [-0.05, 0) is 47.4 Å². The molecule has 2 aromatic carbocycles. The molecule has 8 nitrogen and oxygen atoms in total. The molecular weight excluding hydrogens is 515 g/mol. The van der Waals surface area contributed by atoms with Crippen LogP contribution in [0, 0.1) is 22.6 Å². The van der Waals surface area contributed by atoms with Crippen LogP contribution in [-0.2, 0) is 0 Å². The van der Waals surface area contributed by atoms with Gasteiger partial charge in [-0.15, -0.1) is 5.10 Å². The van der Waals surface area contributed by atoms with Gasteiger partial charge in [-0.1, -0.05) is 49.7 Å². The number of rotatable bonds is 7. The van der Waals surface area contributed by atoms with Crippen LogP contribution in [0.4, 0.5) is 15.8 Å². The number of anilines is 2. The predicted molar refractivity (Wildman–Crippen MR) is 150 cm³/mol. The summed E-state index contributed by atoms with van der Waals surface area (Å²) in [7, 11) is 0. The minimum absolute atomic E-state index is 0.0181. The Hall–Kier alpha value is -4.55. The number of halogens is 2. The second-order valence-corrected chi connectivity index (χ2v) is 10.8. The van der Waals surface area contributed by atoms with Gasteiger partial charge in [-0.3, -0.25) is 9.97 Å². The molecule has 0 saturated carbocycles. The monoisotopic (exact) mass is 540 g/mol. The number of aromatic nitrogens is 5. The maximum atomic E-state index is 13.8. The molecule has 0 aliphatic rings. The first kappa shape index (κ1) is 26.1. The highest BCUT2D eigenvalue weighted by atomic mass is 35.5. The summed E-state index contributed by atoms with van der Waals surface area (Å²) < 4.78 is 15.4. The molecule has 3 heterocycles. The minimum atomic E-state index is -0.513. The van der Waals surface area contributed by atoms with Crippen LogP contribution in [-0.4, -0.2) is 31.5 Å². The molecule has 0 unspecified atom stereocenters. The first-order valence-corrected chi connectivity index (χ1v) is 12.7. The topological polar surface area (TPSA) is 104 Å². The van der Waals surface area contributed by atoms with Crippen molar-refractivity contribution in [1.82, 2.24) is 25.0 Å². The van der Waals surface area contributed by atoms with Crippen molar-refractivity contribution < 1.29 is 4.39 Å². The van der Waals surface area contributed by atoms with E-state index in [9.17, 15) is 9.65 Å². The molecular formula is C29H26ClFN8. The van der Waals surface area contributed by atoms with E-state index in [-0.39, 0.29) is 11.2 Å². The number of nitrogens with zero attached hydrogens (tertiary/aromatic N) is 6. The van der Waals surface area contributed by atoms with E-state index in [2.05, 4.69) is 57.8 Å². The third-order valence-corrected chi connectivity index (χ3v) is 6.29. The Balaban J connectivity index is 1.61. The summed E-state index contributed by atoms with van der Waals surface area (Å²) in [6.45, 7) is 6.98. The molecule has 0 amide bonds. The lowest BCUT2D eigenvalue weighted by Crippen LogP contribution is -2.20. The summed E-state index contributed by atoms with van der Waals surface area (Å²) in [5, 5.41) is 26.6. The molecule has 0 spiro atoms. The molecule has 5 aromatic rings. The number of pyridine rings is 2. The Morgan fingerprint density at radius 1 is 1.13 bits per heavy atom. The second kappa shape index (κ2) is 10.7. The third kappa shape index (κ3) is 5.81. The van der Waals surface area contributed by atoms with Gasteiger partial charge in [0.25, 0.3) is 0 Å². The zero-order valence-electron chi connectivity index (χ0n) is 21.7. The maximum Gasteiger partial charge on any atom is 0.123 e. The van der Waals surface area contributed by atoms with Gasteiger partial charge in [-0.2, -0.15) is 5.26 Å². The minimum Gasteiger partial charge on any atom is -0.383 e. The number of hydrogen-bond donors (Lipinski definition) is 2. The molecule has 0 fully saturated rings. The lowest BCUT2D eigenvalue weighted by atomic mass is 9.96. The molecule has 0 saturated heterocycles. The number of hydrogen-bond acceptors (Lipinski definition) is 7. The van der Waals surface area contributed by atoms with Gasteiger partial charge >= 0.3 is 0 Å². The van der Waals surface area contributed by atoms with Crippen molar-refractivity contribution in [1.29, 1.82) is 5.26 Å². The Morgan fingerprint density at radius 3 is 2.62 bits per heavy atom. The van der Waals surface area contributed by atoms with E-state index in [1.165, 1.54) is 12.1 Å². The molecule has 39 heavy (non-hydrogen) atoms. The molecule has 0 aliphatic heterocycles. The number of fused-ring (bicyclic) bond motifs is 1. The van der Waals surface area contributed by atoms with E-state index in [0.29, 0.717) is 45.1 Å². The van der Waals surface area contributed by atoms with Crippen LogP contribution in [0.25, 0.3) is 16.6 Å². The van der Waals surface area contributed by atoms with Gasteiger partial charge < -0.3 is 10.6 Å². The fourth-order valence-corrected chi connectivity index (χ4v) is 4.39. The van der Waals surface area contributed by atoms with Crippen molar-refractivity contribution in [3.63, 3.8) is 0 Å². The molecule has 0 bridgehead atoms. The Kier molecular flexibility index (Phi) is 7.13. The van der Waals surface area contributed by atoms with Crippen LogP contribution in [0.2, 0.25) is 5.02 Å². The molecule has 196 valence electrons. The normalized spacial score (nSPS) is 12.2.